The Hall–Kier alpha value is -1.50. The number of methoxy groups -OCH3 is 1. The van der Waals surface area contributed by atoms with E-state index in [1.807, 2.05) is 0 Å². The third kappa shape index (κ3) is 3.48. The van der Waals surface area contributed by atoms with Gasteiger partial charge in [0.1, 0.15) is 0 Å². The standard InChI is InChI=1S/C9H7ClF3NO3/c1-4-5(7(10)15)3-6(8(14-4)16-2)17-9(11,12)13/h3H,1-2H3. The number of rotatable bonds is 3. The number of halogens is 4. The Balaban J connectivity index is 3.26. The van der Waals surface area contributed by atoms with Gasteiger partial charge in [-0.3, -0.25) is 4.79 Å². The quantitative estimate of drug-likeness (QED) is 0.792. The van der Waals surface area contributed by atoms with Crippen molar-refractivity contribution in [2.75, 3.05) is 7.11 Å². The van der Waals surface area contributed by atoms with E-state index >= 15 is 0 Å². The van der Waals surface area contributed by atoms with Crippen LogP contribution in [-0.2, 0) is 0 Å². The zero-order valence-corrected chi connectivity index (χ0v) is 9.52. The van der Waals surface area contributed by atoms with E-state index in [0.717, 1.165) is 13.2 Å². The maximum absolute atomic E-state index is 12.1. The normalized spacial score (nSPS) is 11.2. The molecular formula is C9H7ClF3NO3. The number of aryl methyl sites for hydroxylation is 1. The second-order valence-corrected chi connectivity index (χ2v) is 3.29. The van der Waals surface area contributed by atoms with Gasteiger partial charge in [0, 0.05) is 6.07 Å². The molecule has 0 bridgehead atoms. The van der Waals surface area contributed by atoms with Gasteiger partial charge < -0.3 is 9.47 Å². The molecule has 1 heterocycles. The summed E-state index contributed by atoms with van der Waals surface area (Å²) < 4.78 is 44.5. The van der Waals surface area contributed by atoms with Crippen molar-refractivity contribution in [3.05, 3.63) is 17.3 Å². The molecule has 4 nitrogen and oxygen atoms in total. The van der Waals surface area contributed by atoms with E-state index in [4.69, 9.17) is 11.6 Å². The summed E-state index contributed by atoms with van der Waals surface area (Å²) in [5.41, 5.74) is -0.0249. The van der Waals surface area contributed by atoms with Crippen LogP contribution in [0.2, 0.25) is 0 Å². The van der Waals surface area contributed by atoms with Gasteiger partial charge in [0.15, 0.2) is 5.75 Å². The van der Waals surface area contributed by atoms with E-state index in [0.29, 0.717) is 0 Å². The lowest BCUT2D eigenvalue weighted by atomic mass is 10.2. The number of ether oxygens (including phenoxy) is 2. The Morgan fingerprint density at radius 1 is 1.47 bits per heavy atom. The second kappa shape index (κ2) is 4.79. The number of aromatic nitrogens is 1. The molecule has 0 saturated heterocycles. The van der Waals surface area contributed by atoms with Crippen molar-refractivity contribution in [2.45, 2.75) is 13.3 Å². The summed E-state index contributed by atoms with van der Waals surface area (Å²) in [6.07, 6.45) is -4.91. The molecule has 0 aromatic carbocycles. The molecule has 1 aromatic heterocycles. The maximum Gasteiger partial charge on any atom is 0.573 e. The van der Waals surface area contributed by atoms with Crippen molar-refractivity contribution in [3.8, 4) is 11.6 Å². The van der Waals surface area contributed by atoms with Gasteiger partial charge in [-0.15, -0.1) is 13.2 Å². The molecule has 1 aromatic rings. The van der Waals surface area contributed by atoms with Crippen molar-refractivity contribution in [3.63, 3.8) is 0 Å². The first-order valence-electron chi connectivity index (χ1n) is 4.26. The molecule has 8 heteroatoms. The summed E-state index contributed by atoms with van der Waals surface area (Å²) in [7, 11) is 1.13. The fourth-order valence-corrected chi connectivity index (χ4v) is 1.30. The van der Waals surface area contributed by atoms with Crippen LogP contribution < -0.4 is 9.47 Å². The molecule has 0 radical (unpaired) electrons. The zero-order chi connectivity index (χ0) is 13.2. The molecule has 0 aliphatic heterocycles. The number of pyridine rings is 1. The number of hydrogen-bond acceptors (Lipinski definition) is 4. The van der Waals surface area contributed by atoms with Gasteiger partial charge in [-0.05, 0) is 18.5 Å². The van der Waals surface area contributed by atoms with E-state index < -0.39 is 17.4 Å². The fraction of sp³-hybridized carbons (Fsp3) is 0.333. The lowest BCUT2D eigenvalue weighted by Gasteiger charge is -2.13. The number of nitrogens with zero attached hydrogens (tertiary/aromatic N) is 1. The average Bonchev–Trinajstić information content (AvgIpc) is 2.17. The summed E-state index contributed by atoms with van der Waals surface area (Å²) in [4.78, 5) is 14.6. The molecule has 17 heavy (non-hydrogen) atoms. The molecule has 1 rings (SSSR count). The lowest BCUT2D eigenvalue weighted by Crippen LogP contribution is -2.18. The van der Waals surface area contributed by atoms with Crippen molar-refractivity contribution in [1.29, 1.82) is 0 Å². The minimum Gasteiger partial charge on any atom is -0.478 e. The molecule has 0 aliphatic carbocycles. The first-order chi connectivity index (χ1) is 7.74. The summed E-state index contributed by atoms with van der Waals surface area (Å²) in [6, 6.07) is 0.837. The SMILES string of the molecule is COc1nc(C)c(C(=O)Cl)cc1OC(F)(F)F. The lowest BCUT2D eigenvalue weighted by molar-refractivity contribution is -0.275. The highest BCUT2D eigenvalue weighted by molar-refractivity contribution is 6.67. The molecular weight excluding hydrogens is 263 g/mol. The highest BCUT2D eigenvalue weighted by Crippen LogP contribution is 2.32. The highest BCUT2D eigenvalue weighted by atomic mass is 35.5. The maximum atomic E-state index is 12.1. The first-order valence-corrected chi connectivity index (χ1v) is 4.63. The third-order valence-corrected chi connectivity index (χ3v) is 1.98. The van der Waals surface area contributed by atoms with Crippen LogP contribution in [0.5, 0.6) is 11.6 Å². The molecule has 0 spiro atoms. The number of carbonyl (C=O) groups is 1. The van der Waals surface area contributed by atoms with E-state index in [2.05, 4.69) is 14.5 Å². The molecule has 0 N–H and O–H groups in total. The van der Waals surface area contributed by atoms with Gasteiger partial charge in [-0.1, -0.05) is 0 Å². The first kappa shape index (κ1) is 13.6. The van der Waals surface area contributed by atoms with Gasteiger partial charge in [0.2, 0.25) is 0 Å². The van der Waals surface area contributed by atoms with Crippen LogP contribution >= 0.6 is 11.6 Å². The number of alkyl halides is 3. The van der Waals surface area contributed by atoms with Crippen LogP contribution in [0.15, 0.2) is 6.07 Å². The second-order valence-electron chi connectivity index (χ2n) is 2.95. The van der Waals surface area contributed by atoms with Crippen molar-refractivity contribution < 1.29 is 27.4 Å². The van der Waals surface area contributed by atoms with Crippen LogP contribution in [0.4, 0.5) is 13.2 Å². The van der Waals surface area contributed by atoms with E-state index in [1.54, 1.807) is 0 Å². The van der Waals surface area contributed by atoms with E-state index in [9.17, 15) is 18.0 Å². The average molecular weight is 270 g/mol. The molecule has 0 unspecified atom stereocenters. The van der Waals surface area contributed by atoms with Crippen molar-refractivity contribution in [1.82, 2.24) is 4.98 Å². The van der Waals surface area contributed by atoms with Gasteiger partial charge in [0.25, 0.3) is 11.1 Å². The van der Waals surface area contributed by atoms with Gasteiger partial charge >= 0.3 is 6.36 Å². The van der Waals surface area contributed by atoms with Crippen LogP contribution in [0.3, 0.4) is 0 Å². The number of hydrogen-bond donors (Lipinski definition) is 0. The van der Waals surface area contributed by atoms with Gasteiger partial charge in [-0.25, -0.2) is 4.98 Å². The minimum atomic E-state index is -4.91. The monoisotopic (exact) mass is 269 g/mol. The fourth-order valence-electron chi connectivity index (χ4n) is 1.11. The largest absolute Gasteiger partial charge is 0.573 e. The number of carbonyl (C=O) groups excluding carboxylic acids is 1. The van der Waals surface area contributed by atoms with E-state index in [1.165, 1.54) is 6.92 Å². The van der Waals surface area contributed by atoms with Crippen LogP contribution in [-0.4, -0.2) is 23.7 Å². The van der Waals surface area contributed by atoms with E-state index in [-0.39, 0.29) is 17.1 Å². The van der Waals surface area contributed by atoms with Gasteiger partial charge in [0.05, 0.1) is 18.4 Å². The van der Waals surface area contributed by atoms with Crippen molar-refractivity contribution >= 4 is 16.8 Å². The third-order valence-electron chi connectivity index (χ3n) is 1.78. The Morgan fingerprint density at radius 2 is 2.06 bits per heavy atom. The highest BCUT2D eigenvalue weighted by Gasteiger charge is 2.33. The van der Waals surface area contributed by atoms with Gasteiger partial charge in [-0.2, -0.15) is 0 Å². The van der Waals surface area contributed by atoms with Crippen molar-refractivity contribution in [2.24, 2.45) is 0 Å². The Bertz CT molecular complexity index is 448. The molecule has 0 saturated carbocycles. The predicted molar refractivity (Wildman–Crippen MR) is 52.4 cm³/mol. The topological polar surface area (TPSA) is 48.4 Å². The Morgan fingerprint density at radius 3 is 2.47 bits per heavy atom. The minimum absolute atomic E-state index is 0.149. The summed E-state index contributed by atoms with van der Waals surface area (Å²) in [5, 5.41) is -0.926. The van der Waals surface area contributed by atoms with Crippen LogP contribution in [0, 0.1) is 6.92 Å². The van der Waals surface area contributed by atoms with Crippen LogP contribution in [0.1, 0.15) is 16.1 Å². The molecule has 94 valence electrons. The summed E-state index contributed by atoms with van der Waals surface area (Å²) >= 11 is 5.19. The molecule has 0 aliphatic rings. The molecule has 0 amide bonds. The smallest absolute Gasteiger partial charge is 0.478 e. The van der Waals surface area contributed by atoms with Crippen LogP contribution in [0.25, 0.3) is 0 Å². The molecule has 0 fully saturated rings. The Kier molecular flexibility index (Phi) is 3.82. The predicted octanol–water partition coefficient (Wildman–Crippen LogP) is 2.68. The summed E-state index contributed by atoms with van der Waals surface area (Å²) in [5.74, 6) is -1.09. The summed E-state index contributed by atoms with van der Waals surface area (Å²) in [6.45, 7) is 1.41. The Labute approximate surface area is 99.3 Å². The molecule has 0 atom stereocenters. The zero-order valence-electron chi connectivity index (χ0n) is 8.76.